The standard InChI is InChI=1S/C25H28FN5O2/c1-16-11-19(13-18-5-7-20(26)8-6-18)14-21(27-16)23-15-31(9-10-33-23)24(32)22-12-17(2)28-25(29-22)30(3)4/h5-8,11-12,14,23H,9-10,13,15H2,1-4H3. The van der Waals surface area contributed by atoms with Crippen molar-refractivity contribution in [2.24, 2.45) is 0 Å². The summed E-state index contributed by atoms with van der Waals surface area (Å²) in [5, 5.41) is 0. The third kappa shape index (κ3) is 5.51. The van der Waals surface area contributed by atoms with Crippen LogP contribution < -0.4 is 4.90 Å². The molecule has 8 heteroatoms. The molecule has 0 aliphatic carbocycles. The van der Waals surface area contributed by atoms with Gasteiger partial charge >= 0.3 is 0 Å². The Hall–Kier alpha value is -3.39. The van der Waals surface area contributed by atoms with E-state index in [1.54, 1.807) is 28.0 Å². The molecular formula is C25H28FN5O2. The zero-order chi connectivity index (χ0) is 23.5. The third-order valence-electron chi connectivity index (χ3n) is 5.50. The SMILES string of the molecule is Cc1cc(Cc2ccc(F)cc2)cc(C2CN(C(=O)c3cc(C)nc(N(C)C)n3)CCO2)n1. The van der Waals surface area contributed by atoms with Crippen LogP contribution in [-0.4, -0.2) is 59.6 Å². The van der Waals surface area contributed by atoms with Crippen molar-refractivity contribution in [3.05, 3.63) is 82.2 Å². The highest BCUT2D eigenvalue weighted by Crippen LogP contribution is 2.24. The van der Waals surface area contributed by atoms with Gasteiger partial charge in [-0.25, -0.2) is 14.4 Å². The van der Waals surface area contributed by atoms with E-state index in [9.17, 15) is 9.18 Å². The van der Waals surface area contributed by atoms with Crippen LogP contribution in [0.2, 0.25) is 0 Å². The van der Waals surface area contributed by atoms with E-state index in [1.807, 2.05) is 40.1 Å². The molecule has 0 radical (unpaired) electrons. The third-order valence-corrected chi connectivity index (χ3v) is 5.50. The molecule has 1 atom stereocenters. The van der Waals surface area contributed by atoms with E-state index >= 15 is 0 Å². The van der Waals surface area contributed by atoms with Crippen molar-refractivity contribution in [2.45, 2.75) is 26.4 Å². The van der Waals surface area contributed by atoms with Crippen molar-refractivity contribution in [3.8, 4) is 0 Å². The van der Waals surface area contributed by atoms with Gasteiger partial charge in [0, 0.05) is 32.0 Å². The van der Waals surface area contributed by atoms with Gasteiger partial charge in [-0.05, 0) is 61.7 Å². The first-order chi connectivity index (χ1) is 15.8. The molecule has 0 N–H and O–H groups in total. The number of anilines is 1. The zero-order valence-electron chi connectivity index (χ0n) is 19.4. The van der Waals surface area contributed by atoms with Crippen molar-refractivity contribution in [3.63, 3.8) is 0 Å². The first kappa shape index (κ1) is 22.8. The number of amides is 1. The lowest BCUT2D eigenvalue weighted by atomic mass is 10.0. The number of halogens is 1. The largest absolute Gasteiger partial charge is 0.368 e. The fourth-order valence-corrected chi connectivity index (χ4v) is 3.91. The summed E-state index contributed by atoms with van der Waals surface area (Å²) in [6.45, 7) is 5.10. The molecule has 3 aromatic rings. The molecule has 33 heavy (non-hydrogen) atoms. The second kappa shape index (κ2) is 9.62. The van der Waals surface area contributed by atoms with Gasteiger partial charge in [0.1, 0.15) is 17.6 Å². The van der Waals surface area contributed by atoms with Crippen LogP contribution in [-0.2, 0) is 11.2 Å². The molecule has 2 aromatic heterocycles. The van der Waals surface area contributed by atoms with Crippen LogP contribution in [0.4, 0.5) is 10.3 Å². The lowest BCUT2D eigenvalue weighted by Gasteiger charge is -2.33. The van der Waals surface area contributed by atoms with Crippen LogP contribution >= 0.6 is 0 Å². The second-order valence-corrected chi connectivity index (χ2v) is 8.54. The van der Waals surface area contributed by atoms with Gasteiger partial charge in [-0.2, -0.15) is 0 Å². The van der Waals surface area contributed by atoms with E-state index in [-0.39, 0.29) is 17.8 Å². The summed E-state index contributed by atoms with van der Waals surface area (Å²) in [7, 11) is 3.70. The van der Waals surface area contributed by atoms with Gasteiger partial charge in [0.15, 0.2) is 0 Å². The molecule has 1 amide bonds. The number of aromatic nitrogens is 3. The van der Waals surface area contributed by atoms with Crippen LogP contribution in [0.3, 0.4) is 0 Å². The van der Waals surface area contributed by atoms with E-state index in [0.29, 0.717) is 37.8 Å². The van der Waals surface area contributed by atoms with Gasteiger partial charge in [-0.3, -0.25) is 9.78 Å². The van der Waals surface area contributed by atoms with Crippen LogP contribution in [0.25, 0.3) is 0 Å². The Morgan fingerprint density at radius 3 is 2.52 bits per heavy atom. The van der Waals surface area contributed by atoms with Crippen molar-refractivity contribution >= 4 is 11.9 Å². The van der Waals surface area contributed by atoms with Crippen LogP contribution in [0, 0.1) is 19.7 Å². The molecule has 1 aliphatic heterocycles. The van der Waals surface area contributed by atoms with E-state index in [4.69, 9.17) is 4.74 Å². The summed E-state index contributed by atoms with van der Waals surface area (Å²) in [6, 6.07) is 12.2. The number of morpholine rings is 1. The quantitative estimate of drug-likeness (QED) is 0.594. The highest BCUT2D eigenvalue weighted by molar-refractivity contribution is 5.92. The fourth-order valence-electron chi connectivity index (χ4n) is 3.91. The first-order valence-corrected chi connectivity index (χ1v) is 10.9. The normalized spacial score (nSPS) is 16.0. The lowest BCUT2D eigenvalue weighted by molar-refractivity contribution is -0.0250. The molecule has 0 spiro atoms. The summed E-state index contributed by atoms with van der Waals surface area (Å²) in [5.74, 6) is 0.118. The minimum atomic E-state index is -0.328. The van der Waals surface area contributed by atoms with Crippen molar-refractivity contribution in [1.82, 2.24) is 19.9 Å². The Kier molecular flexibility index (Phi) is 6.65. The molecule has 1 aromatic carbocycles. The number of carbonyl (C=O) groups excluding carboxylic acids is 1. The Bertz CT molecular complexity index is 1150. The molecular weight excluding hydrogens is 421 g/mol. The Labute approximate surface area is 193 Å². The number of carbonyl (C=O) groups is 1. The predicted octanol–water partition coefficient (Wildman–Crippen LogP) is 3.50. The molecule has 0 saturated carbocycles. The monoisotopic (exact) mass is 449 g/mol. The van der Waals surface area contributed by atoms with Crippen molar-refractivity contribution in [2.75, 3.05) is 38.7 Å². The van der Waals surface area contributed by atoms with Crippen LogP contribution in [0.5, 0.6) is 0 Å². The maximum atomic E-state index is 13.2. The number of pyridine rings is 1. The molecule has 3 heterocycles. The maximum Gasteiger partial charge on any atom is 0.272 e. The zero-order valence-corrected chi connectivity index (χ0v) is 19.4. The molecule has 1 unspecified atom stereocenters. The smallest absolute Gasteiger partial charge is 0.272 e. The number of nitrogens with zero attached hydrogens (tertiary/aromatic N) is 5. The van der Waals surface area contributed by atoms with Gasteiger partial charge in [0.2, 0.25) is 5.95 Å². The minimum absolute atomic E-state index is 0.143. The number of benzene rings is 1. The second-order valence-electron chi connectivity index (χ2n) is 8.54. The van der Waals surface area contributed by atoms with Crippen LogP contribution in [0.15, 0.2) is 42.5 Å². The van der Waals surface area contributed by atoms with Crippen LogP contribution in [0.1, 0.15) is 44.8 Å². The van der Waals surface area contributed by atoms with E-state index < -0.39 is 0 Å². The average molecular weight is 450 g/mol. The summed E-state index contributed by atoms with van der Waals surface area (Å²) in [6.07, 6.45) is 0.338. The minimum Gasteiger partial charge on any atom is -0.368 e. The number of hydrogen-bond acceptors (Lipinski definition) is 6. The highest BCUT2D eigenvalue weighted by atomic mass is 19.1. The van der Waals surface area contributed by atoms with Gasteiger partial charge in [-0.15, -0.1) is 0 Å². The summed E-state index contributed by atoms with van der Waals surface area (Å²) in [4.78, 5) is 30.2. The summed E-state index contributed by atoms with van der Waals surface area (Å²) >= 11 is 0. The lowest BCUT2D eigenvalue weighted by Crippen LogP contribution is -2.43. The van der Waals surface area contributed by atoms with Crippen molar-refractivity contribution < 1.29 is 13.9 Å². The number of ether oxygens (including phenoxy) is 1. The summed E-state index contributed by atoms with van der Waals surface area (Å²) < 4.78 is 19.2. The Morgan fingerprint density at radius 2 is 1.79 bits per heavy atom. The van der Waals surface area contributed by atoms with E-state index in [1.165, 1.54) is 12.1 Å². The highest BCUT2D eigenvalue weighted by Gasteiger charge is 2.28. The topological polar surface area (TPSA) is 71.5 Å². The van der Waals surface area contributed by atoms with Gasteiger partial charge < -0.3 is 14.5 Å². The Morgan fingerprint density at radius 1 is 1.06 bits per heavy atom. The molecule has 7 nitrogen and oxygen atoms in total. The molecule has 1 fully saturated rings. The molecule has 1 aliphatic rings. The van der Waals surface area contributed by atoms with E-state index in [0.717, 1.165) is 28.2 Å². The number of aryl methyl sites for hydroxylation is 2. The first-order valence-electron chi connectivity index (χ1n) is 10.9. The van der Waals surface area contributed by atoms with Gasteiger partial charge in [0.25, 0.3) is 5.91 Å². The number of hydrogen-bond donors (Lipinski definition) is 0. The molecule has 1 saturated heterocycles. The molecule has 4 rings (SSSR count). The Balaban J connectivity index is 1.53. The predicted molar refractivity (Wildman–Crippen MR) is 124 cm³/mol. The summed E-state index contributed by atoms with van der Waals surface area (Å²) in [5.41, 5.74) is 4.87. The molecule has 172 valence electrons. The van der Waals surface area contributed by atoms with Crippen molar-refractivity contribution in [1.29, 1.82) is 0 Å². The number of rotatable bonds is 5. The fraction of sp³-hybridized carbons (Fsp3) is 0.360. The van der Waals surface area contributed by atoms with Gasteiger partial charge in [-0.1, -0.05) is 12.1 Å². The van der Waals surface area contributed by atoms with Gasteiger partial charge in [0.05, 0.1) is 18.8 Å². The maximum absolute atomic E-state index is 13.2. The molecule has 0 bridgehead atoms. The average Bonchev–Trinajstić information content (AvgIpc) is 2.79. The van der Waals surface area contributed by atoms with E-state index in [2.05, 4.69) is 15.0 Å².